The van der Waals surface area contributed by atoms with Crippen LogP contribution in [0.15, 0.2) is 18.2 Å². The number of fused-ring (bicyclic) bond motifs is 2. The monoisotopic (exact) mass is 329 g/mol. The minimum atomic E-state index is 0. The van der Waals surface area contributed by atoms with Crippen molar-refractivity contribution in [3.63, 3.8) is 0 Å². The smallest absolute Gasteiger partial charge is 0.0545 e. The predicted octanol–water partition coefficient (Wildman–Crippen LogP) is 0.113. The molecular weight excluding hydrogens is 306 g/mol. The summed E-state index contributed by atoms with van der Waals surface area (Å²) >= 11 is 0. The molecule has 0 saturated heterocycles. The maximum absolute atomic E-state index is 5.63. The van der Waals surface area contributed by atoms with Crippen molar-refractivity contribution in [3.05, 3.63) is 29.6 Å². The Morgan fingerprint density at radius 1 is 1.11 bits per heavy atom. The number of halogens is 1. The first kappa shape index (κ1) is 16.5. The molecule has 6 heteroatoms. The van der Waals surface area contributed by atoms with Gasteiger partial charge in [-0.15, -0.1) is 17.0 Å². The van der Waals surface area contributed by atoms with Gasteiger partial charge in [0, 0.05) is 52.4 Å². The van der Waals surface area contributed by atoms with Crippen molar-refractivity contribution in [1.82, 2.24) is 20.5 Å². The highest BCUT2D eigenvalue weighted by molar-refractivity contribution is 8.93. The van der Waals surface area contributed by atoms with Gasteiger partial charge in [-0.2, -0.15) is 0 Å². The van der Waals surface area contributed by atoms with E-state index in [1.54, 1.807) is 0 Å². The van der Waals surface area contributed by atoms with Crippen molar-refractivity contribution in [1.29, 1.82) is 0 Å². The quantitative estimate of drug-likeness (QED) is 0.719. The number of aromatic nitrogens is 1. The van der Waals surface area contributed by atoms with Gasteiger partial charge in [-0.25, -0.2) is 0 Å². The molecule has 0 amide bonds. The Balaban J connectivity index is 0.00000180. The number of rotatable bonds is 2. The van der Waals surface area contributed by atoms with Gasteiger partial charge in [0.05, 0.1) is 11.4 Å². The van der Waals surface area contributed by atoms with Crippen molar-refractivity contribution in [3.8, 4) is 0 Å². The minimum absolute atomic E-state index is 0. The van der Waals surface area contributed by atoms with E-state index < -0.39 is 0 Å². The van der Waals surface area contributed by atoms with E-state index >= 15 is 0 Å². The average molecular weight is 330 g/mol. The summed E-state index contributed by atoms with van der Waals surface area (Å²) in [5.41, 5.74) is 7.85. The molecule has 1 aliphatic rings. The molecule has 0 aliphatic carbocycles. The average Bonchev–Trinajstić information content (AvgIpc) is 2.39. The van der Waals surface area contributed by atoms with Gasteiger partial charge < -0.3 is 16.4 Å². The van der Waals surface area contributed by atoms with Crippen LogP contribution < -0.4 is 16.4 Å². The zero-order valence-corrected chi connectivity index (χ0v) is 13.0. The first-order valence-corrected chi connectivity index (χ1v) is 6.67. The van der Waals surface area contributed by atoms with E-state index in [4.69, 9.17) is 5.73 Å². The van der Waals surface area contributed by atoms with Gasteiger partial charge in [0.2, 0.25) is 0 Å². The summed E-state index contributed by atoms with van der Waals surface area (Å²) in [5, 5.41) is 6.87. The Kier molecular flexibility index (Phi) is 8.16. The second-order valence-corrected chi connectivity index (χ2v) is 4.60. The highest BCUT2D eigenvalue weighted by Crippen LogP contribution is 2.00. The molecular formula is C13H24BrN5. The van der Waals surface area contributed by atoms with Crippen molar-refractivity contribution >= 4 is 17.0 Å². The molecule has 108 valence electrons. The van der Waals surface area contributed by atoms with E-state index in [1.807, 2.05) is 0 Å². The van der Waals surface area contributed by atoms with Gasteiger partial charge in [0.15, 0.2) is 0 Å². The first-order valence-electron chi connectivity index (χ1n) is 6.67. The Hall–Kier alpha value is -0.530. The number of pyridine rings is 1. The van der Waals surface area contributed by atoms with Gasteiger partial charge in [0.1, 0.15) is 0 Å². The summed E-state index contributed by atoms with van der Waals surface area (Å²) in [6.45, 7) is 7.40. The van der Waals surface area contributed by atoms with Crippen LogP contribution in [0.2, 0.25) is 0 Å². The molecule has 2 bridgehead atoms. The Morgan fingerprint density at radius 3 is 2.21 bits per heavy atom. The van der Waals surface area contributed by atoms with Crippen LogP contribution in [-0.2, 0) is 13.1 Å². The van der Waals surface area contributed by atoms with Crippen LogP contribution in [0.25, 0.3) is 0 Å². The Bertz CT molecular complexity index is 333. The fourth-order valence-corrected chi connectivity index (χ4v) is 2.15. The maximum atomic E-state index is 5.63. The van der Waals surface area contributed by atoms with Gasteiger partial charge in [-0.1, -0.05) is 6.07 Å². The minimum Gasteiger partial charge on any atom is -0.329 e. The molecule has 1 aromatic rings. The van der Waals surface area contributed by atoms with E-state index in [9.17, 15) is 0 Å². The van der Waals surface area contributed by atoms with E-state index in [2.05, 4.69) is 38.7 Å². The van der Waals surface area contributed by atoms with E-state index in [0.29, 0.717) is 0 Å². The van der Waals surface area contributed by atoms with Crippen LogP contribution in [0, 0.1) is 0 Å². The van der Waals surface area contributed by atoms with Gasteiger partial charge in [-0.05, 0) is 12.1 Å². The van der Waals surface area contributed by atoms with Crippen molar-refractivity contribution in [2.75, 3.05) is 39.3 Å². The lowest BCUT2D eigenvalue weighted by atomic mass is 10.3. The molecule has 0 spiro atoms. The van der Waals surface area contributed by atoms with Crippen molar-refractivity contribution in [2.45, 2.75) is 13.1 Å². The third kappa shape index (κ3) is 5.97. The van der Waals surface area contributed by atoms with Crippen LogP contribution in [0.5, 0.6) is 0 Å². The number of hydrogen-bond donors (Lipinski definition) is 3. The third-order valence-corrected chi connectivity index (χ3v) is 3.13. The summed E-state index contributed by atoms with van der Waals surface area (Å²) in [6, 6.07) is 6.22. The molecule has 1 aliphatic heterocycles. The second-order valence-electron chi connectivity index (χ2n) is 4.60. The Labute approximate surface area is 125 Å². The maximum Gasteiger partial charge on any atom is 0.0545 e. The molecule has 0 atom stereocenters. The molecule has 4 N–H and O–H groups in total. The molecule has 0 aromatic carbocycles. The number of nitrogens with zero attached hydrogens (tertiary/aromatic N) is 2. The molecule has 0 saturated carbocycles. The van der Waals surface area contributed by atoms with Crippen LogP contribution in [0.1, 0.15) is 11.4 Å². The summed E-state index contributed by atoms with van der Waals surface area (Å²) < 4.78 is 0. The summed E-state index contributed by atoms with van der Waals surface area (Å²) in [4.78, 5) is 7.00. The lowest BCUT2D eigenvalue weighted by Gasteiger charge is -2.22. The second kappa shape index (κ2) is 9.39. The number of nitrogens with one attached hydrogen (secondary N) is 2. The third-order valence-electron chi connectivity index (χ3n) is 3.13. The van der Waals surface area contributed by atoms with Gasteiger partial charge in [-0.3, -0.25) is 9.88 Å². The van der Waals surface area contributed by atoms with Gasteiger partial charge >= 0.3 is 0 Å². The zero-order valence-electron chi connectivity index (χ0n) is 11.3. The number of nitrogens with two attached hydrogens (primary N) is 1. The molecule has 19 heavy (non-hydrogen) atoms. The van der Waals surface area contributed by atoms with Gasteiger partial charge in [0.25, 0.3) is 0 Å². The molecule has 5 nitrogen and oxygen atoms in total. The molecule has 0 fully saturated rings. The lowest BCUT2D eigenvalue weighted by Crippen LogP contribution is -2.39. The van der Waals surface area contributed by atoms with Crippen LogP contribution in [0.4, 0.5) is 0 Å². The summed E-state index contributed by atoms with van der Waals surface area (Å²) in [6.07, 6.45) is 0. The molecule has 2 heterocycles. The zero-order chi connectivity index (χ0) is 12.6. The van der Waals surface area contributed by atoms with Crippen LogP contribution in [-0.4, -0.2) is 49.2 Å². The highest BCUT2D eigenvalue weighted by Gasteiger charge is 2.05. The summed E-state index contributed by atoms with van der Waals surface area (Å²) in [5.74, 6) is 0. The van der Waals surface area contributed by atoms with Crippen LogP contribution >= 0.6 is 17.0 Å². The topological polar surface area (TPSA) is 66.2 Å². The standard InChI is InChI=1S/C13H23N5.BrH/c14-4-7-18-8-5-15-10-12-2-1-3-13(17-12)11-16-6-9-18;/h1-3,15-16H,4-11,14H2;1H. The molecule has 0 unspecified atom stereocenters. The van der Waals surface area contributed by atoms with Crippen LogP contribution in [0.3, 0.4) is 0 Å². The lowest BCUT2D eigenvalue weighted by molar-refractivity contribution is 0.278. The summed E-state index contributed by atoms with van der Waals surface area (Å²) in [7, 11) is 0. The first-order chi connectivity index (χ1) is 8.88. The fourth-order valence-electron chi connectivity index (χ4n) is 2.15. The van der Waals surface area contributed by atoms with E-state index in [0.717, 1.165) is 63.7 Å². The van der Waals surface area contributed by atoms with Crippen molar-refractivity contribution in [2.24, 2.45) is 5.73 Å². The van der Waals surface area contributed by atoms with Crippen molar-refractivity contribution < 1.29 is 0 Å². The normalized spacial score (nSPS) is 17.9. The SMILES string of the molecule is Br.NCCN1CCNCc2cccc(n2)CNCC1. The fraction of sp³-hybridized carbons (Fsp3) is 0.615. The Morgan fingerprint density at radius 2 is 1.68 bits per heavy atom. The van der Waals surface area contributed by atoms with E-state index in [-0.39, 0.29) is 17.0 Å². The predicted molar refractivity (Wildman–Crippen MR) is 83.5 cm³/mol. The molecule has 2 rings (SSSR count). The molecule has 0 radical (unpaired) electrons. The highest BCUT2D eigenvalue weighted by atomic mass is 79.9. The largest absolute Gasteiger partial charge is 0.329 e. The molecule has 1 aromatic heterocycles. The number of hydrogen-bond acceptors (Lipinski definition) is 5. The van der Waals surface area contributed by atoms with E-state index in [1.165, 1.54) is 0 Å².